The molecule has 2 rings (SSSR count). The fraction of sp³-hybridized carbons (Fsp3) is 0.0667. The monoisotopic (exact) mass is 321 g/mol. The van der Waals surface area contributed by atoms with Crippen molar-refractivity contribution in [3.8, 4) is 0 Å². The largest absolute Gasteiger partial charge is 2.00 e. The zero-order chi connectivity index (χ0) is 9.80. The molecule has 0 aliphatic heterocycles. The van der Waals surface area contributed by atoms with Gasteiger partial charge in [-0.25, -0.2) is 0 Å². The average molecular weight is 322 g/mol. The molecule has 0 fully saturated rings. The second-order valence-electron chi connectivity index (χ2n) is 3.40. The van der Waals surface area contributed by atoms with Gasteiger partial charge in [0.25, 0.3) is 0 Å². The van der Waals surface area contributed by atoms with E-state index in [1.165, 1.54) is 11.1 Å². The van der Waals surface area contributed by atoms with Crippen LogP contribution in [0.25, 0.3) is 0 Å². The van der Waals surface area contributed by atoms with Crippen LogP contribution in [0.4, 0.5) is 0 Å². The van der Waals surface area contributed by atoms with Gasteiger partial charge >= 0.3 is 34.1 Å². The molecule has 0 aromatic heterocycles. The van der Waals surface area contributed by atoms with Gasteiger partial charge in [-0.2, -0.15) is 60.5 Å². The van der Waals surface area contributed by atoms with Gasteiger partial charge in [0.05, 0.1) is 0 Å². The van der Waals surface area contributed by atoms with Crippen molar-refractivity contribution < 1.29 is 34.1 Å². The maximum absolute atomic E-state index is 3.86. The van der Waals surface area contributed by atoms with E-state index in [4.69, 9.17) is 0 Å². The van der Waals surface area contributed by atoms with Crippen LogP contribution in [0.2, 0.25) is 0 Å². The Labute approximate surface area is 126 Å². The number of hydrogen-bond acceptors (Lipinski definition) is 0. The molecule has 2 aromatic carbocycles. The van der Waals surface area contributed by atoms with E-state index in [9.17, 15) is 0 Å². The van der Waals surface area contributed by atoms with Crippen molar-refractivity contribution in [1.29, 1.82) is 0 Å². The van der Waals surface area contributed by atoms with Gasteiger partial charge in [-0.1, -0.05) is 5.56 Å². The van der Waals surface area contributed by atoms with E-state index >= 15 is 0 Å². The van der Waals surface area contributed by atoms with E-state index in [1.807, 2.05) is 24.3 Å². The molecule has 2 aromatic rings. The number of benzene rings is 2. The van der Waals surface area contributed by atoms with E-state index in [0.717, 1.165) is 12.0 Å². The van der Waals surface area contributed by atoms with Crippen LogP contribution in [0.5, 0.6) is 0 Å². The van der Waals surface area contributed by atoms with Gasteiger partial charge in [-0.15, -0.1) is 12.1 Å². The Morgan fingerprint density at radius 2 is 1.35 bits per heavy atom. The molecule has 0 aliphatic rings. The van der Waals surface area contributed by atoms with Crippen molar-refractivity contribution in [1.82, 2.24) is 0 Å². The Bertz CT molecular complexity index is 393. The first-order valence-corrected chi connectivity index (χ1v) is 4.70. The summed E-state index contributed by atoms with van der Waals surface area (Å²) in [7, 11) is 0. The molecule has 0 spiro atoms. The zero-order valence-corrected chi connectivity index (χ0v) is 11.5. The fourth-order valence-corrected chi connectivity index (χ4v) is 1.43. The second kappa shape index (κ2) is 9.39. The molecule has 0 amide bonds. The van der Waals surface area contributed by atoms with E-state index in [0.29, 0.717) is 0 Å². The van der Waals surface area contributed by atoms with Gasteiger partial charge in [-0.05, 0) is 6.42 Å². The molecule has 1 radical (unpaired) electrons. The summed E-state index contributed by atoms with van der Waals surface area (Å²) in [6, 6.07) is 19.4. The SMILES string of the molecule is [CH2-]c1ccc(Cc2cc[c-]cc2)cc1.[CH3-].[Cu+2].[Cu+]. The maximum atomic E-state index is 3.86. The Kier molecular flexibility index (Phi) is 10.3. The summed E-state index contributed by atoms with van der Waals surface area (Å²) in [4.78, 5) is 0. The molecule has 17 heavy (non-hydrogen) atoms. The molecule has 0 saturated heterocycles. The van der Waals surface area contributed by atoms with Gasteiger partial charge in [0.2, 0.25) is 0 Å². The number of hydrogen-bond donors (Lipinski definition) is 0. The third-order valence-electron chi connectivity index (χ3n) is 2.22. The minimum atomic E-state index is 0. The summed E-state index contributed by atoms with van der Waals surface area (Å²) in [6.07, 6.45) is 0.981. The Hall–Kier alpha value is -0.651. The van der Waals surface area contributed by atoms with Gasteiger partial charge in [0.1, 0.15) is 0 Å². The molecular weight excluding hydrogens is 307 g/mol. The average Bonchev–Trinajstić information content (AvgIpc) is 2.23. The van der Waals surface area contributed by atoms with Crippen LogP contribution in [-0.4, -0.2) is 0 Å². The van der Waals surface area contributed by atoms with Crippen molar-refractivity contribution in [2.45, 2.75) is 6.42 Å². The van der Waals surface area contributed by atoms with E-state index < -0.39 is 0 Å². The molecule has 0 bridgehead atoms. The molecule has 2 heteroatoms. The van der Waals surface area contributed by atoms with Crippen molar-refractivity contribution >= 4 is 0 Å². The number of rotatable bonds is 2. The standard InChI is InChI=1S/C14H12.CH3.2Cu/c1-12-7-9-14(10-8-12)11-13-5-3-2-4-6-13;;;/h3-10H,1,11H2;1H3;;/q-2;-1;+1;+2. The van der Waals surface area contributed by atoms with Crippen LogP contribution in [0.1, 0.15) is 16.7 Å². The molecule has 0 atom stereocenters. The smallest absolute Gasteiger partial charge is 0.358 e. The molecule has 0 unspecified atom stereocenters. The molecular formula is C15H15Cu2. The van der Waals surface area contributed by atoms with E-state index in [2.05, 4.69) is 37.3 Å². The van der Waals surface area contributed by atoms with Crippen LogP contribution in [-0.2, 0) is 40.6 Å². The van der Waals surface area contributed by atoms with Gasteiger partial charge < -0.3 is 7.43 Å². The van der Waals surface area contributed by atoms with Crippen molar-refractivity contribution in [3.63, 3.8) is 0 Å². The summed E-state index contributed by atoms with van der Waals surface area (Å²) in [5.41, 5.74) is 3.71. The third-order valence-corrected chi connectivity index (χ3v) is 2.22. The summed E-state index contributed by atoms with van der Waals surface area (Å²) in [6.45, 7) is 3.86. The Balaban J connectivity index is 0. The third kappa shape index (κ3) is 6.00. The Morgan fingerprint density at radius 3 is 1.88 bits per heavy atom. The summed E-state index contributed by atoms with van der Waals surface area (Å²) >= 11 is 0. The van der Waals surface area contributed by atoms with Crippen LogP contribution < -0.4 is 0 Å². The van der Waals surface area contributed by atoms with E-state index in [1.54, 1.807) is 0 Å². The normalized spacial score (nSPS) is 8.24. The minimum Gasteiger partial charge on any atom is -0.358 e. The summed E-state index contributed by atoms with van der Waals surface area (Å²) < 4.78 is 0. The maximum Gasteiger partial charge on any atom is 2.00 e. The van der Waals surface area contributed by atoms with Crippen LogP contribution in [0.3, 0.4) is 0 Å². The predicted molar refractivity (Wildman–Crippen MR) is 65.4 cm³/mol. The van der Waals surface area contributed by atoms with Crippen LogP contribution in [0, 0.1) is 20.4 Å². The first kappa shape index (κ1) is 18.7. The Morgan fingerprint density at radius 1 is 0.882 bits per heavy atom. The molecule has 97 valence electrons. The quantitative estimate of drug-likeness (QED) is 0.584. The van der Waals surface area contributed by atoms with Crippen molar-refractivity contribution in [2.24, 2.45) is 0 Å². The minimum absolute atomic E-state index is 0. The van der Waals surface area contributed by atoms with Gasteiger partial charge in [0, 0.05) is 0 Å². The first-order valence-electron chi connectivity index (χ1n) is 4.70. The topological polar surface area (TPSA) is 0 Å². The summed E-state index contributed by atoms with van der Waals surface area (Å²) in [5, 5.41) is 0. The first-order chi connectivity index (χ1) is 6.84. The van der Waals surface area contributed by atoms with Gasteiger partial charge in [0.15, 0.2) is 0 Å². The van der Waals surface area contributed by atoms with Crippen LogP contribution in [0.15, 0.2) is 48.5 Å². The molecule has 0 nitrogen and oxygen atoms in total. The zero-order valence-electron chi connectivity index (χ0n) is 9.64. The van der Waals surface area contributed by atoms with Crippen molar-refractivity contribution in [2.75, 3.05) is 0 Å². The molecule has 0 heterocycles. The fourth-order valence-electron chi connectivity index (χ4n) is 1.43. The van der Waals surface area contributed by atoms with E-state index in [-0.39, 0.29) is 41.6 Å². The molecule has 0 N–H and O–H groups in total. The second-order valence-corrected chi connectivity index (χ2v) is 3.40. The summed E-state index contributed by atoms with van der Waals surface area (Å²) in [5.74, 6) is 0. The van der Waals surface area contributed by atoms with Gasteiger partial charge in [-0.3, -0.25) is 0 Å². The molecule has 0 aliphatic carbocycles. The molecule has 0 saturated carbocycles. The van der Waals surface area contributed by atoms with Crippen molar-refractivity contribution in [3.05, 3.63) is 85.6 Å². The predicted octanol–water partition coefficient (Wildman–Crippen LogP) is 3.71. The van der Waals surface area contributed by atoms with Crippen LogP contribution >= 0.6 is 0 Å².